The molecule has 2 N–H and O–H groups in total. The van der Waals surface area contributed by atoms with E-state index >= 15 is 0 Å². The molecule has 0 radical (unpaired) electrons. The van der Waals surface area contributed by atoms with Crippen molar-refractivity contribution in [2.75, 3.05) is 13.2 Å². The van der Waals surface area contributed by atoms with E-state index in [2.05, 4.69) is 15.7 Å². The van der Waals surface area contributed by atoms with Crippen LogP contribution in [0, 0.1) is 0 Å². The van der Waals surface area contributed by atoms with Crippen LogP contribution in [0.2, 0.25) is 0 Å². The second-order valence-corrected chi connectivity index (χ2v) is 9.52. The third kappa shape index (κ3) is 5.18. The van der Waals surface area contributed by atoms with E-state index in [0.29, 0.717) is 25.4 Å². The van der Waals surface area contributed by atoms with Crippen molar-refractivity contribution in [1.82, 2.24) is 25.3 Å². The normalized spacial score (nSPS) is 20.0. The first kappa shape index (κ1) is 24.8. The Balaban J connectivity index is 1.49. The lowest BCUT2D eigenvalue weighted by atomic mass is 9.94. The standard InChI is InChI=1S/C26H35N5O4/c1-4-14-30-24(33)22-15-21(23(32)27-16-18-10-12-20(13-11-18)35-5-2)29-31(22)17-26(30,3)25(34)28-19-8-6-7-9-19/h10-13,15,19H,4-9,14,16-17H2,1-3H3,(H,27,32)(H,28,34)/t26-/m0/s1. The van der Waals surface area contributed by atoms with Crippen LogP contribution in [0.3, 0.4) is 0 Å². The number of amides is 3. The highest BCUT2D eigenvalue weighted by Crippen LogP contribution is 2.29. The molecule has 1 aliphatic heterocycles. The molecule has 9 nitrogen and oxygen atoms in total. The molecule has 1 aliphatic carbocycles. The highest BCUT2D eigenvalue weighted by molar-refractivity contribution is 6.01. The van der Waals surface area contributed by atoms with E-state index in [0.717, 1.165) is 43.4 Å². The van der Waals surface area contributed by atoms with Gasteiger partial charge in [0.05, 0.1) is 13.2 Å². The van der Waals surface area contributed by atoms with E-state index in [1.54, 1.807) is 11.8 Å². The average molecular weight is 482 g/mol. The molecule has 0 spiro atoms. The lowest BCUT2D eigenvalue weighted by Gasteiger charge is -2.43. The van der Waals surface area contributed by atoms with E-state index in [1.165, 1.54) is 10.7 Å². The summed E-state index contributed by atoms with van der Waals surface area (Å²) < 4.78 is 6.95. The van der Waals surface area contributed by atoms with E-state index in [1.807, 2.05) is 38.1 Å². The van der Waals surface area contributed by atoms with E-state index < -0.39 is 5.54 Å². The van der Waals surface area contributed by atoms with Crippen LogP contribution in [-0.2, 0) is 17.9 Å². The summed E-state index contributed by atoms with van der Waals surface area (Å²) in [5, 5.41) is 10.4. The lowest BCUT2D eigenvalue weighted by Crippen LogP contribution is -2.65. The fourth-order valence-corrected chi connectivity index (χ4v) is 4.88. The molecule has 1 aromatic carbocycles. The van der Waals surface area contributed by atoms with Crippen molar-refractivity contribution >= 4 is 17.7 Å². The Labute approximate surface area is 206 Å². The van der Waals surface area contributed by atoms with Crippen LogP contribution in [0.5, 0.6) is 5.75 Å². The molecule has 35 heavy (non-hydrogen) atoms. The van der Waals surface area contributed by atoms with Crippen molar-refractivity contribution in [3.05, 3.63) is 47.3 Å². The zero-order valence-electron chi connectivity index (χ0n) is 20.8. The fourth-order valence-electron chi connectivity index (χ4n) is 4.88. The molecule has 1 fully saturated rings. The zero-order valence-corrected chi connectivity index (χ0v) is 20.8. The monoisotopic (exact) mass is 481 g/mol. The highest BCUT2D eigenvalue weighted by Gasteiger charge is 2.48. The van der Waals surface area contributed by atoms with Crippen molar-refractivity contribution < 1.29 is 19.1 Å². The molecule has 1 aromatic heterocycles. The number of rotatable bonds is 9. The van der Waals surface area contributed by atoms with Gasteiger partial charge in [-0.2, -0.15) is 5.10 Å². The number of nitrogens with zero attached hydrogens (tertiary/aromatic N) is 3. The fraction of sp³-hybridized carbons (Fsp3) is 0.538. The molecule has 0 bridgehead atoms. The number of fused-ring (bicyclic) bond motifs is 1. The summed E-state index contributed by atoms with van der Waals surface area (Å²) in [5.41, 5.74) is 0.351. The third-order valence-corrected chi connectivity index (χ3v) is 6.84. The van der Waals surface area contributed by atoms with Gasteiger partial charge in [0.15, 0.2) is 5.69 Å². The lowest BCUT2D eigenvalue weighted by molar-refractivity contribution is -0.133. The number of carbonyl (C=O) groups excluding carboxylic acids is 3. The summed E-state index contributed by atoms with van der Waals surface area (Å²) >= 11 is 0. The maximum atomic E-state index is 13.4. The molecular weight excluding hydrogens is 446 g/mol. The van der Waals surface area contributed by atoms with Gasteiger partial charge in [0.2, 0.25) is 5.91 Å². The van der Waals surface area contributed by atoms with Crippen molar-refractivity contribution in [3.8, 4) is 5.75 Å². The van der Waals surface area contributed by atoms with E-state index in [-0.39, 0.29) is 36.0 Å². The van der Waals surface area contributed by atoms with Crippen LogP contribution in [0.15, 0.2) is 30.3 Å². The van der Waals surface area contributed by atoms with Crippen molar-refractivity contribution in [2.45, 2.75) is 77.5 Å². The topological polar surface area (TPSA) is 106 Å². The minimum atomic E-state index is -1.06. The largest absolute Gasteiger partial charge is 0.494 e. The molecule has 3 amide bonds. The Morgan fingerprint density at radius 2 is 1.89 bits per heavy atom. The van der Waals surface area contributed by atoms with Crippen molar-refractivity contribution in [2.24, 2.45) is 0 Å². The van der Waals surface area contributed by atoms with Crippen molar-refractivity contribution in [1.29, 1.82) is 0 Å². The second-order valence-electron chi connectivity index (χ2n) is 9.52. The maximum absolute atomic E-state index is 13.4. The smallest absolute Gasteiger partial charge is 0.273 e. The van der Waals surface area contributed by atoms with Gasteiger partial charge in [0, 0.05) is 25.2 Å². The van der Waals surface area contributed by atoms with Gasteiger partial charge < -0.3 is 20.3 Å². The van der Waals surface area contributed by atoms with Crippen LogP contribution in [0.1, 0.15) is 79.4 Å². The Hall–Kier alpha value is -3.36. The van der Waals surface area contributed by atoms with E-state index in [9.17, 15) is 14.4 Å². The predicted octanol–water partition coefficient (Wildman–Crippen LogP) is 2.90. The van der Waals surface area contributed by atoms with Gasteiger partial charge in [-0.25, -0.2) is 0 Å². The van der Waals surface area contributed by atoms with Gasteiger partial charge >= 0.3 is 0 Å². The minimum Gasteiger partial charge on any atom is -0.494 e. The molecular formula is C26H35N5O4. The van der Waals surface area contributed by atoms with Crippen LogP contribution < -0.4 is 15.4 Å². The van der Waals surface area contributed by atoms with Crippen LogP contribution in [0.25, 0.3) is 0 Å². The molecule has 4 rings (SSSR count). The number of nitrogens with one attached hydrogen (secondary N) is 2. The van der Waals surface area contributed by atoms with Gasteiger partial charge in [-0.15, -0.1) is 0 Å². The summed E-state index contributed by atoms with van der Waals surface area (Å²) in [6.07, 6.45) is 4.88. The average Bonchev–Trinajstić information content (AvgIpc) is 3.51. The summed E-state index contributed by atoms with van der Waals surface area (Å²) in [6, 6.07) is 9.18. The number of ether oxygens (including phenoxy) is 1. The number of hydrogen-bond acceptors (Lipinski definition) is 5. The Bertz CT molecular complexity index is 1070. The summed E-state index contributed by atoms with van der Waals surface area (Å²) in [4.78, 5) is 41.2. The number of carbonyl (C=O) groups is 3. The zero-order chi connectivity index (χ0) is 25.0. The molecule has 0 saturated heterocycles. The Morgan fingerprint density at radius 1 is 1.17 bits per heavy atom. The van der Waals surface area contributed by atoms with Gasteiger partial charge in [0.1, 0.15) is 17.0 Å². The molecule has 9 heteroatoms. The van der Waals surface area contributed by atoms with Gasteiger partial charge in [-0.05, 0) is 50.8 Å². The quantitative estimate of drug-likeness (QED) is 0.573. The molecule has 2 aromatic rings. The maximum Gasteiger partial charge on any atom is 0.273 e. The summed E-state index contributed by atoms with van der Waals surface area (Å²) in [6.45, 7) is 7.28. The number of hydrogen-bond donors (Lipinski definition) is 2. The first-order valence-electron chi connectivity index (χ1n) is 12.6. The highest BCUT2D eigenvalue weighted by atomic mass is 16.5. The Morgan fingerprint density at radius 3 is 2.54 bits per heavy atom. The Kier molecular flexibility index (Phi) is 7.42. The van der Waals surface area contributed by atoms with Gasteiger partial charge in [-0.3, -0.25) is 19.1 Å². The molecule has 1 atom stereocenters. The molecule has 2 aliphatic rings. The van der Waals surface area contributed by atoms with Gasteiger partial charge in [-0.1, -0.05) is 31.9 Å². The SMILES string of the molecule is CCCN1C(=O)c2cc(C(=O)NCc3ccc(OCC)cc3)nn2C[C@@]1(C)C(=O)NC1CCCC1. The third-order valence-electron chi connectivity index (χ3n) is 6.84. The molecule has 2 heterocycles. The molecule has 0 unspecified atom stereocenters. The van der Waals surface area contributed by atoms with E-state index in [4.69, 9.17) is 4.74 Å². The van der Waals surface area contributed by atoms with Crippen LogP contribution >= 0.6 is 0 Å². The molecule has 188 valence electrons. The predicted molar refractivity (Wildman–Crippen MR) is 131 cm³/mol. The second kappa shape index (κ2) is 10.5. The first-order chi connectivity index (χ1) is 16.9. The van der Waals surface area contributed by atoms with Crippen LogP contribution in [0.4, 0.5) is 0 Å². The summed E-state index contributed by atoms with van der Waals surface area (Å²) in [7, 11) is 0. The molecule has 1 saturated carbocycles. The van der Waals surface area contributed by atoms with Crippen LogP contribution in [-0.4, -0.2) is 57.1 Å². The van der Waals surface area contributed by atoms with Gasteiger partial charge in [0.25, 0.3) is 11.8 Å². The summed E-state index contributed by atoms with van der Waals surface area (Å²) in [5.74, 6) is -0.0265. The number of benzene rings is 1. The number of aromatic nitrogens is 2. The minimum absolute atomic E-state index is 0.154. The van der Waals surface area contributed by atoms with Crippen molar-refractivity contribution in [3.63, 3.8) is 0 Å². The first-order valence-corrected chi connectivity index (χ1v) is 12.6.